The molecule has 3 rings (SSSR count). The van der Waals surface area contributed by atoms with Crippen molar-refractivity contribution in [1.29, 1.82) is 0 Å². The molecule has 1 fully saturated rings. The average molecular weight is 338 g/mol. The molecule has 1 saturated carbocycles. The fourth-order valence-corrected chi connectivity index (χ4v) is 3.92. The second-order valence-corrected chi connectivity index (χ2v) is 7.91. The van der Waals surface area contributed by atoms with Gasteiger partial charge in [0, 0.05) is 22.1 Å². The standard InChI is InChI=1S/C17H24BrNO/c1-17(2)8-7-13(11-17)19-15-4-3-9-20-16-10-12(18)5-6-14(15)16/h5-6,10,13,15,19H,3-4,7-9,11H2,1-2H3. The van der Waals surface area contributed by atoms with Crippen molar-refractivity contribution in [2.75, 3.05) is 6.61 Å². The zero-order valence-corrected chi connectivity index (χ0v) is 14.0. The van der Waals surface area contributed by atoms with Crippen LogP contribution in [0.4, 0.5) is 0 Å². The van der Waals surface area contributed by atoms with Gasteiger partial charge in [-0.3, -0.25) is 0 Å². The quantitative estimate of drug-likeness (QED) is 0.834. The molecule has 2 aliphatic rings. The van der Waals surface area contributed by atoms with E-state index in [1.165, 1.54) is 31.2 Å². The number of ether oxygens (including phenoxy) is 1. The highest BCUT2D eigenvalue weighted by Gasteiger charge is 2.32. The summed E-state index contributed by atoms with van der Waals surface area (Å²) in [5.74, 6) is 1.05. The molecule has 1 aromatic rings. The summed E-state index contributed by atoms with van der Waals surface area (Å²) >= 11 is 3.54. The summed E-state index contributed by atoms with van der Waals surface area (Å²) in [6.45, 7) is 5.60. The fraction of sp³-hybridized carbons (Fsp3) is 0.647. The van der Waals surface area contributed by atoms with Gasteiger partial charge >= 0.3 is 0 Å². The summed E-state index contributed by atoms with van der Waals surface area (Å²) < 4.78 is 6.99. The Morgan fingerprint density at radius 2 is 2.15 bits per heavy atom. The van der Waals surface area contributed by atoms with E-state index in [-0.39, 0.29) is 0 Å². The third-order valence-electron chi connectivity index (χ3n) is 4.65. The molecule has 110 valence electrons. The van der Waals surface area contributed by atoms with Gasteiger partial charge in [0.1, 0.15) is 5.75 Å². The molecule has 0 aromatic heterocycles. The maximum Gasteiger partial charge on any atom is 0.125 e. The molecule has 0 radical (unpaired) electrons. The van der Waals surface area contributed by atoms with E-state index in [4.69, 9.17) is 4.74 Å². The Morgan fingerprint density at radius 1 is 1.30 bits per heavy atom. The number of nitrogens with one attached hydrogen (secondary N) is 1. The van der Waals surface area contributed by atoms with Crippen molar-refractivity contribution in [3.8, 4) is 5.75 Å². The lowest BCUT2D eigenvalue weighted by Gasteiger charge is -2.24. The van der Waals surface area contributed by atoms with Gasteiger partial charge in [0.05, 0.1) is 6.61 Å². The topological polar surface area (TPSA) is 21.3 Å². The van der Waals surface area contributed by atoms with Crippen molar-refractivity contribution in [2.24, 2.45) is 5.41 Å². The second-order valence-electron chi connectivity index (χ2n) is 7.00. The fourth-order valence-electron chi connectivity index (χ4n) is 3.58. The van der Waals surface area contributed by atoms with E-state index in [0.29, 0.717) is 17.5 Å². The highest BCUT2D eigenvalue weighted by atomic mass is 79.9. The van der Waals surface area contributed by atoms with E-state index in [2.05, 4.69) is 53.3 Å². The maximum atomic E-state index is 5.89. The van der Waals surface area contributed by atoms with Crippen molar-refractivity contribution in [1.82, 2.24) is 5.32 Å². The first-order valence-electron chi connectivity index (χ1n) is 7.72. The SMILES string of the molecule is CC1(C)CCC(NC2CCCOc3cc(Br)ccc32)C1. The molecule has 0 saturated heterocycles. The van der Waals surface area contributed by atoms with Crippen molar-refractivity contribution in [3.05, 3.63) is 28.2 Å². The summed E-state index contributed by atoms with van der Waals surface area (Å²) in [5.41, 5.74) is 1.83. The number of hydrogen-bond acceptors (Lipinski definition) is 2. The van der Waals surface area contributed by atoms with Gasteiger partial charge in [0.25, 0.3) is 0 Å². The van der Waals surface area contributed by atoms with Gasteiger partial charge in [-0.25, -0.2) is 0 Å². The Bertz CT molecular complexity index is 486. The lowest BCUT2D eigenvalue weighted by molar-refractivity contribution is 0.312. The summed E-state index contributed by atoms with van der Waals surface area (Å²) in [5, 5.41) is 3.89. The van der Waals surface area contributed by atoms with Crippen molar-refractivity contribution in [3.63, 3.8) is 0 Å². The largest absolute Gasteiger partial charge is 0.493 e. The van der Waals surface area contributed by atoms with Crippen molar-refractivity contribution < 1.29 is 4.74 Å². The first kappa shape index (κ1) is 14.4. The zero-order chi connectivity index (χ0) is 14.2. The number of fused-ring (bicyclic) bond motifs is 1. The normalized spacial score (nSPS) is 28.6. The maximum absolute atomic E-state index is 5.89. The third kappa shape index (κ3) is 3.20. The van der Waals surface area contributed by atoms with Crippen LogP contribution >= 0.6 is 15.9 Å². The molecule has 20 heavy (non-hydrogen) atoms. The van der Waals surface area contributed by atoms with Crippen LogP contribution in [0.2, 0.25) is 0 Å². The first-order chi connectivity index (χ1) is 9.53. The van der Waals surface area contributed by atoms with Crippen LogP contribution in [0.25, 0.3) is 0 Å². The Kier molecular flexibility index (Phi) is 4.09. The van der Waals surface area contributed by atoms with Crippen LogP contribution in [-0.2, 0) is 0 Å². The predicted octanol–water partition coefficient (Wildman–Crippen LogP) is 4.83. The van der Waals surface area contributed by atoms with E-state index in [0.717, 1.165) is 23.2 Å². The predicted molar refractivity (Wildman–Crippen MR) is 86.2 cm³/mol. The smallest absolute Gasteiger partial charge is 0.125 e. The highest BCUT2D eigenvalue weighted by molar-refractivity contribution is 9.10. The molecule has 2 unspecified atom stereocenters. The zero-order valence-electron chi connectivity index (χ0n) is 12.4. The van der Waals surface area contributed by atoms with Crippen LogP contribution in [0.1, 0.15) is 57.6 Å². The van der Waals surface area contributed by atoms with Gasteiger partial charge in [0.15, 0.2) is 0 Å². The second kappa shape index (κ2) is 5.69. The van der Waals surface area contributed by atoms with Crippen LogP contribution in [-0.4, -0.2) is 12.6 Å². The van der Waals surface area contributed by atoms with E-state index >= 15 is 0 Å². The van der Waals surface area contributed by atoms with Crippen LogP contribution in [0.5, 0.6) is 5.75 Å². The molecule has 0 amide bonds. The van der Waals surface area contributed by atoms with Gasteiger partial charge in [0.2, 0.25) is 0 Å². The van der Waals surface area contributed by atoms with E-state index in [1.807, 2.05) is 0 Å². The van der Waals surface area contributed by atoms with Crippen molar-refractivity contribution in [2.45, 2.75) is 58.0 Å². The summed E-state index contributed by atoms with van der Waals surface area (Å²) in [6.07, 6.45) is 6.22. The Morgan fingerprint density at radius 3 is 2.90 bits per heavy atom. The molecule has 0 spiro atoms. The lowest BCUT2D eigenvalue weighted by atomic mass is 9.91. The molecule has 1 aliphatic carbocycles. The van der Waals surface area contributed by atoms with Crippen molar-refractivity contribution >= 4 is 15.9 Å². The molecule has 2 atom stereocenters. The highest BCUT2D eigenvalue weighted by Crippen LogP contribution is 2.40. The lowest BCUT2D eigenvalue weighted by Crippen LogP contribution is -2.31. The number of rotatable bonds is 2. The molecular formula is C17H24BrNO. The Balaban J connectivity index is 1.77. The summed E-state index contributed by atoms with van der Waals surface area (Å²) in [4.78, 5) is 0. The van der Waals surface area contributed by atoms with E-state index in [9.17, 15) is 0 Å². The number of benzene rings is 1. The Labute approximate surface area is 130 Å². The minimum Gasteiger partial charge on any atom is -0.493 e. The Hall–Kier alpha value is -0.540. The summed E-state index contributed by atoms with van der Waals surface area (Å²) in [6, 6.07) is 7.54. The van der Waals surface area contributed by atoms with Gasteiger partial charge in [-0.05, 0) is 49.7 Å². The monoisotopic (exact) mass is 337 g/mol. The molecule has 1 aliphatic heterocycles. The molecule has 0 bridgehead atoms. The van der Waals surface area contributed by atoms with Crippen LogP contribution in [0.15, 0.2) is 22.7 Å². The van der Waals surface area contributed by atoms with Gasteiger partial charge in [-0.15, -0.1) is 0 Å². The molecule has 1 N–H and O–H groups in total. The molecule has 2 nitrogen and oxygen atoms in total. The average Bonchev–Trinajstić information content (AvgIpc) is 2.61. The van der Waals surface area contributed by atoms with E-state index in [1.54, 1.807) is 0 Å². The summed E-state index contributed by atoms with van der Waals surface area (Å²) in [7, 11) is 0. The van der Waals surface area contributed by atoms with Crippen LogP contribution in [0.3, 0.4) is 0 Å². The van der Waals surface area contributed by atoms with Gasteiger partial charge < -0.3 is 10.1 Å². The first-order valence-corrected chi connectivity index (χ1v) is 8.51. The van der Waals surface area contributed by atoms with Gasteiger partial charge in [-0.2, -0.15) is 0 Å². The third-order valence-corrected chi connectivity index (χ3v) is 5.14. The van der Waals surface area contributed by atoms with Crippen LogP contribution in [0, 0.1) is 5.41 Å². The van der Waals surface area contributed by atoms with E-state index < -0.39 is 0 Å². The molecular weight excluding hydrogens is 314 g/mol. The molecule has 1 aromatic carbocycles. The number of hydrogen-bond donors (Lipinski definition) is 1. The minimum atomic E-state index is 0.444. The minimum absolute atomic E-state index is 0.444. The molecule has 1 heterocycles. The molecule has 3 heteroatoms. The van der Waals surface area contributed by atoms with Gasteiger partial charge in [-0.1, -0.05) is 35.8 Å². The number of halogens is 1. The van der Waals surface area contributed by atoms with Crippen LogP contribution < -0.4 is 10.1 Å².